The standard InChI is InChI=1S/C10H16O2.C4H8.Fe/c1-6-8(4)9(5)12-10(11)7(2)3;1-3-4-2;/h8-9H,1-2,4,6H2,3,5H3;1-4H2;/q2*-2;+4. The fourth-order valence-corrected chi connectivity index (χ4v) is 0.600. The summed E-state index contributed by atoms with van der Waals surface area (Å²) in [5, 5.41) is 0. The summed E-state index contributed by atoms with van der Waals surface area (Å²) in [5.41, 5.74) is 0.415. The van der Waals surface area contributed by atoms with Crippen LogP contribution in [-0.4, -0.2) is 12.1 Å². The van der Waals surface area contributed by atoms with Crippen molar-refractivity contribution < 1.29 is 26.6 Å². The average Bonchev–Trinajstić information content (AvgIpc) is 2.27. The maximum absolute atomic E-state index is 11.0. The SMILES string of the molecule is C=C(C)C(=O)OC(C)C([CH2-])C[CH2-].[CH2-]CC[CH2-].[Fe+4]. The number of carbonyl (C=O) groups excluding carboxylic acids is 1. The molecule has 0 rings (SSSR count). The predicted octanol–water partition coefficient (Wildman–Crippen LogP) is 3.60. The fraction of sp³-hybridized carbons (Fsp3) is 0.500. The summed E-state index contributed by atoms with van der Waals surface area (Å²) in [7, 11) is 0. The van der Waals surface area contributed by atoms with Crippen LogP contribution in [0.4, 0.5) is 0 Å². The van der Waals surface area contributed by atoms with Gasteiger partial charge in [-0.05, 0) is 13.8 Å². The Bertz CT molecular complexity index is 200. The Morgan fingerprint density at radius 2 is 1.71 bits per heavy atom. The number of hydrogen-bond donors (Lipinski definition) is 0. The minimum Gasteiger partial charge on any atom is -0.462 e. The third kappa shape index (κ3) is 13.7. The van der Waals surface area contributed by atoms with Gasteiger partial charge in [-0.25, -0.2) is 24.1 Å². The van der Waals surface area contributed by atoms with E-state index in [0.717, 1.165) is 12.8 Å². The van der Waals surface area contributed by atoms with Crippen molar-refractivity contribution in [2.75, 3.05) is 0 Å². The van der Waals surface area contributed by atoms with Crippen LogP contribution in [0, 0.1) is 33.6 Å². The Hall–Kier alpha value is -0.271. The van der Waals surface area contributed by atoms with E-state index >= 15 is 0 Å². The van der Waals surface area contributed by atoms with Crippen molar-refractivity contribution in [3.05, 3.63) is 39.8 Å². The van der Waals surface area contributed by atoms with Crippen molar-refractivity contribution in [2.24, 2.45) is 5.92 Å². The first-order valence-corrected chi connectivity index (χ1v) is 5.47. The summed E-state index contributed by atoms with van der Waals surface area (Å²) in [6.07, 6.45) is 2.39. The van der Waals surface area contributed by atoms with Gasteiger partial charge in [-0.1, -0.05) is 6.58 Å². The second-order valence-corrected chi connectivity index (χ2v) is 3.65. The molecule has 0 bridgehead atoms. The molecule has 0 aliphatic rings. The van der Waals surface area contributed by atoms with E-state index in [1.54, 1.807) is 6.92 Å². The van der Waals surface area contributed by atoms with Crippen LogP contribution >= 0.6 is 0 Å². The van der Waals surface area contributed by atoms with Crippen molar-refractivity contribution in [3.63, 3.8) is 0 Å². The molecule has 17 heavy (non-hydrogen) atoms. The van der Waals surface area contributed by atoms with Crippen molar-refractivity contribution in [2.45, 2.75) is 39.2 Å². The topological polar surface area (TPSA) is 26.3 Å². The zero-order valence-corrected chi connectivity index (χ0v) is 12.1. The molecule has 0 aromatic heterocycles. The number of unbranched alkanes of at least 4 members (excludes halogenated alkanes) is 1. The van der Waals surface area contributed by atoms with Gasteiger partial charge in [-0.15, -0.1) is 0 Å². The predicted molar refractivity (Wildman–Crippen MR) is 69.1 cm³/mol. The summed E-state index contributed by atoms with van der Waals surface area (Å²) in [5.74, 6) is -0.308. The van der Waals surface area contributed by atoms with Gasteiger partial charge in [-0.2, -0.15) is 5.92 Å². The molecule has 2 unspecified atom stereocenters. The molecule has 0 N–H and O–H groups in total. The maximum Gasteiger partial charge on any atom is 4.00 e. The summed E-state index contributed by atoms with van der Waals surface area (Å²) < 4.78 is 5.02. The summed E-state index contributed by atoms with van der Waals surface area (Å²) in [6.45, 7) is 21.5. The van der Waals surface area contributed by atoms with Crippen LogP contribution in [-0.2, 0) is 26.6 Å². The van der Waals surface area contributed by atoms with Gasteiger partial charge in [0.2, 0.25) is 0 Å². The van der Waals surface area contributed by atoms with Gasteiger partial charge in [0, 0.05) is 5.57 Å². The fourth-order valence-electron chi connectivity index (χ4n) is 0.600. The zero-order chi connectivity index (χ0) is 13.1. The normalized spacial score (nSPS) is 12.4. The average molecular weight is 280 g/mol. The Morgan fingerprint density at radius 1 is 1.29 bits per heavy atom. The molecule has 0 amide bonds. The largest absolute Gasteiger partial charge is 4.00 e. The third-order valence-corrected chi connectivity index (χ3v) is 1.93. The molecule has 2 nitrogen and oxygen atoms in total. The zero-order valence-electron chi connectivity index (χ0n) is 11.0. The smallest absolute Gasteiger partial charge is 0.462 e. The molecular weight excluding hydrogens is 256 g/mol. The van der Waals surface area contributed by atoms with E-state index in [2.05, 4.69) is 34.3 Å². The maximum atomic E-state index is 11.0. The molecule has 0 aliphatic heterocycles. The van der Waals surface area contributed by atoms with E-state index in [-0.39, 0.29) is 35.1 Å². The Kier molecular flexibility index (Phi) is 17.8. The number of carbonyl (C=O) groups is 1. The van der Waals surface area contributed by atoms with Crippen LogP contribution in [0.1, 0.15) is 33.1 Å². The first-order chi connectivity index (χ1) is 7.40. The third-order valence-electron chi connectivity index (χ3n) is 1.93. The molecule has 0 saturated heterocycles. The first-order valence-electron chi connectivity index (χ1n) is 5.47. The van der Waals surface area contributed by atoms with Crippen LogP contribution in [0.5, 0.6) is 0 Å². The van der Waals surface area contributed by atoms with E-state index < -0.39 is 0 Å². The van der Waals surface area contributed by atoms with E-state index in [4.69, 9.17) is 4.74 Å². The summed E-state index contributed by atoms with van der Waals surface area (Å²) in [6, 6.07) is 0. The van der Waals surface area contributed by atoms with Crippen LogP contribution in [0.2, 0.25) is 0 Å². The number of ether oxygens (including phenoxy) is 1. The molecule has 100 valence electrons. The van der Waals surface area contributed by atoms with Crippen LogP contribution in [0.3, 0.4) is 0 Å². The Balaban J connectivity index is -0.000000340. The van der Waals surface area contributed by atoms with Crippen molar-refractivity contribution in [1.29, 1.82) is 0 Å². The first kappa shape index (κ1) is 22.0. The van der Waals surface area contributed by atoms with Gasteiger partial charge < -0.3 is 32.4 Å². The monoisotopic (exact) mass is 280 g/mol. The Labute approximate surface area is 118 Å². The van der Waals surface area contributed by atoms with Gasteiger partial charge >= 0.3 is 23.0 Å². The van der Waals surface area contributed by atoms with Gasteiger partial charge in [0.15, 0.2) is 0 Å². The minimum atomic E-state index is -0.357. The molecule has 0 fully saturated rings. The molecule has 3 heteroatoms. The van der Waals surface area contributed by atoms with E-state index in [0.29, 0.717) is 12.0 Å². The molecule has 2 atom stereocenters. The molecule has 0 aliphatic carbocycles. The van der Waals surface area contributed by atoms with E-state index in [1.165, 1.54) is 0 Å². The van der Waals surface area contributed by atoms with Crippen molar-refractivity contribution in [1.82, 2.24) is 0 Å². The number of hydrogen-bond acceptors (Lipinski definition) is 2. The molecule has 0 heterocycles. The van der Waals surface area contributed by atoms with Crippen molar-refractivity contribution in [3.8, 4) is 0 Å². The molecule has 0 aromatic carbocycles. The quantitative estimate of drug-likeness (QED) is 0.333. The van der Waals surface area contributed by atoms with Gasteiger partial charge in [0.25, 0.3) is 0 Å². The number of rotatable bonds is 5. The second-order valence-electron chi connectivity index (χ2n) is 3.65. The second kappa shape index (κ2) is 13.8. The summed E-state index contributed by atoms with van der Waals surface area (Å²) >= 11 is 0. The Morgan fingerprint density at radius 3 is 1.94 bits per heavy atom. The molecular formula is C14H24FeO2. The van der Waals surface area contributed by atoms with Crippen LogP contribution < -0.4 is 0 Å². The van der Waals surface area contributed by atoms with Crippen LogP contribution in [0.25, 0.3) is 0 Å². The molecule has 0 aromatic rings. The van der Waals surface area contributed by atoms with Gasteiger partial charge in [0.1, 0.15) is 0 Å². The van der Waals surface area contributed by atoms with Crippen molar-refractivity contribution >= 4 is 5.97 Å². The van der Waals surface area contributed by atoms with Gasteiger partial charge in [-0.3, -0.25) is 0 Å². The molecule has 0 spiro atoms. The van der Waals surface area contributed by atoms with E-state index in [1.807, 2.05) is 6.92 Å². The van der Waals surface area contributed by atoms with E-state index in [9.17, 15) is 4.79 Å². The molecule has 0 radical (unpaired) electrons. The minimum absolute atomic E-state index is 0. The van der Waals surface area contributed by atoms with Crippen LogP contribution in [0.15, 0.2) is 12.2 Å². The summed E-state index contributed by atoms with van der Waals surface area (Å²) in [4.78, 5) is 11.0. The number of esters is 1. The molecule has 0 saturated carbocycles. The van der Waals surface area contributed by atoms with Gasteiger partial charge in [0.05, 0.1) is 6.10 Å².